The molecule has 0 saturated heterocycles. The summed E-state index contributed by atoms with van der Waals surface area (Å²) in [5, 5.41) is 6.46. The second-order valence-electron chi connectivity index (χ2n) is 4.96. The van der Waals surface area contributed by atoms with E-state index in [1.54, 1.807) is 24.3 Å². The van der Waals surface area contributed by atoms with Crippen molar-refractivity contribution in [2.24, 2.45) is 0 Å². The highest BCUT2D eigenvalue weighted by Gasteiger charge is 2.05. The van der Waals surface area contributed by atoms with Gasteiger partial charge in [0.2, 0.25) is 5.91 Å². The Balaban J connectivity index is 1.77. The molecule has 116 valence electrons. The Kier molecular flexibility index (Phi) is 5.78. The van der Waals surface area contributed by atoms with E-state index in [1.165, 1.54) is 6.07 Å². The van der Waals surface area contributed by atoms with Crippen LogP contribution in [0.1, 0.15) is 11.1 Å². The van der Waals surface area contributed by atoms with Gasteiger partial charge in [0.05, 0.1) is 6.54 Å². The van der Waals surface area contributed by atoms with Crippen molar-refractivity contribution in [2.45, 2.75) is 13.3 Å². The van der Waals surface area contributed by atoms with Gasteiger partial charge in [0.1, 0.15) is 5.82 Å². The van der Waals surface area contributed by atoms with E-state index in [0.29, 0.717) is 23.6 Å². The third kappa shape index (κ3) is 4.46. The molecule has 0 atom stereocenters. The SMILES string of the molecule is Cc1c(Cl)cccc1NCC(=O)NCCc1ccccc1F. The van der Waals surface area contributed by atoms with Crippen LogP contribution in [-0.2, 0) is 11.2 Å². The Bertz CT molecular complexity index is 661. The average Bonchev–Trinajstić information content (AvgIpc) is 2.51. The zero-order chi connectivity index (χ0) is 15.9. The maximum atomic E-state index is 13.4. The zero-order valence-corrected chi connectivity index (χ0v) is 13.1. The minimum Gasteiger partial charge on any atom is -0.376 e. The number of nitrogens with one attached hydrogen (secondary N) is 2. The summed E-state index contributed by atoms with van der Waals surface area (Å²) in [5.74, 6) is -0.389. The van der Waals surface area contributed by atoms with Crippen molar-refractivity contribution in [1.29, 1.82) is 0 Å². The minimum atomic E-state index is -0.246. The molecule has 0 spiro atoms. The fourth-order valence-electron chi connectivity index (χ4n) is 2.07. The highest BCUT2D eigenvalue weighted by atomic mass is 35.5. The number of carbonyl (C=O) groups is 1. The van der Waals surface area contributed by atoms with Gasteiger partial charge in [-0.3, -0.25) is 4.79 Å². The number of carbonyl (C=O) groups excluding carboxylic acids is 1. The fourth-order valence-corrected chi connectivity index (χ4v) is 2.25. The molecule has 22 heavy (non-hydrogen) atoms. The van der Waals surface area contributed by atoms with Gasteiger partial charge in [0.15, 0.2) is 0 Å². The van der Waals surface area contributed by atoms with Gasteiger partial charge in [0, 0.05) is 17.3 Å². The molecule has 5 heteroatoms. The van der Waals surface area contributed by atoms with Crippen LogP contribution in [0, 0.1) is 12.7 Å². The number of benzene rings is 2. The van der Waals surface area contributed by atoms with Crippen LogP contribution in [-0.4, -0.2) is 19.0 Å². The van der Waals surface area contributed by atoms with Gasteiger partial charge in [-0.25, -0.2) is 4.39 Å². The summed E-state index contributed by atoms with van der Waals surface area (Å²) in [6.45, 7) is 2.44. The van der Waals surface area contributed by atoms with Crippen molar-refractivity contribution in [2.75, 3.05) is 18.4 Å². The largest absolute Gasteiger partial charge is 0.376 e. The molecule has 0 fully saturated rings. The third-order valence-electron chi connectivity index (χ3n) is 3.38. The van der Waals surface area contributed by atoms with Gasteiger partial charge >= 0.3 is 0 Å². The summed E-state index contributed by atoms with van der Waals surface area (Å²) in [6.07, 6.45) is 0.467. The topological polar surface area (TPSA) is 41.1 Å². The second-order valence-corrected chi connectivity index (χ2v) is 5.36. The van der Waals surface area contributed by atoms with Crippen LogP contribution in [0.3, 0.4) is 0 Å². The van der Waals surface area contributed by atoms with Crippen LogP contribution in [0.2, 0.25) is 5.02 Å². The Labute approximate surface area is 134 Å². The van der Waals surface area contributed by atoms with Gasteiger partial charge in [-0.1, -0.05) is 35.9 Å². The molecule has 1 amide bonds. The van der Waals surface area contributed by atoms with E-state index >= 15 is 0 Å². The van der Waals surface area contributed by atoms with Crippen LogP contribution in [0.15, 0.2) is 42.5 Å². The highest BCUT2D eigenvalue weighted by Crippen LogP contribution is 2.22. The smallest absolute Gasteiger partial charge is 0.239 e. The van der Waals surface area contributed by atoms with Gasteiger partial charge in [0.25, 0.3) is 0 Å². The van der Waals surface area contributed by atoms with Crippen molar-refractivity contribution >= 4 is 23.2 Å². The Morgan fingerprint density at radius 3 is 2.73 bits per heavy atom. The number of rotatable bonds is 6. The van der Waals surface area contributed by atoms with Gasteiger partial charge in [-0.15, -0.1) is 0 Å². The number of hydrogen-bond donors (Lipinski definition) is 2. The standard InChI is InChI=1S/C17H18ClFN2O/c1-12-14(18)6-4-8-16(12)21-11-17(22)20-10-9-13-5-2-3-7-15(13)19/h2-8,21H,9-11H2,1H3,(H,20,22). The maximum Gasteiger partial charge on any atom is 0.239 e. The Hall–Kier alpha value is -2.07. The number of amides is 1. The number of halogens is 2. The first kappa shape index (κ1) is 16.3. The molecule has 0 aromatic heterocycles. The molecule has 0 heterocycles. The van der Waals surface area contributed by atoms with Gasteiger partial charge < -0.3 is 10.6 Å². The summed E-state index contributed by atoms with van der Waals surface area (Å²) in [7, 11) is 0. The molecule has 0 aliphatic rings. The normalized spacial score (nSPS) is 10.3. The molecule has 0 aliphatic heterocycles. The van der Waals surface area contributed by atoms with E-state index in [2.05, 4.69) is 10.6 Å². The monoisotopic (exact) mass is 320 g/mol. The lowest BCUT2D eigenvalue weighted by Crippen LogP contribution is -2.31. The first-order chi connectivity index (χ1) is 10.6. The number of hydrogen-bond acceptors (Lipinski definition) is 2. The lowest BCUT2D eigenvalue weighted by atomic mass is 10.1. The predicted octanol–water partition coefficient (Wildman–Crippen LogP) is 3.56. The van der Waals surface area contributed by atoms with E-state index in [9.17, 15) is 9.18 Å². The summed E-state index contributed by atoms with van der Waals surface area (Å²) in [6, 6.07) is 12.1. The minimum absolute atomic E-state index is 0.143. The molecule has 0 radical (unpaired) electrons. The highest BCUT2D eigenvalue weighted by molar-refractivity contribution is 6.31. The molecule has 2 N–H and O–H groups in total. The molecular weight excluding hydrogens is 303 g/mol. The summed E-state index contributed by atoms with van der Waals surface area (Å²) >= 11 is 6.02. The lowest BCUT2D eigenvalue weighted by Gasteiger charge is -2.11. The Morgan fingerprint density at radius 2 is 1.95 bits per heavy atom. The van der Waals surface area contributed by atoms with Crippen molar-refractivity contribution < 1.29 is 9.18 Å². The molecule has 0 aliphatic carbocycles. The predicted molar refractivity (Wildman–Crippen MR) is 87.8 cm³/mol. The van der Waals surface area contributed by atoms with Crippen molar-refractivity contribution in [3.63, 3.8) is 0 Å². The van der Waals surface area contributed by atoms with E-state index in [1.807, 2.05) is 19.1 Å². The van der Waals surface area contributed by atoms with Crippen LogP contribution >= 0.6 is 11.6 Å². The van der Waals surface area contributed by atoms with Crippen LogP contribution < -0.4 is 10.6 Å². The molecule has 3 nitrogen and oxygen atoms in total. The molecule has 0 bridgehead atoms. The fraction of sp³-hybridized carbons (Fsp3) is 0.235. The maximum absolute atomic E-state index is 13.4. The van der Waals surface area contributed by atoms with Gasteiger partial charge in [-0.2, -0.15) is 0 Å². The summed E-state index contributed by atoms with van der Waals surface area (Å²) in [4.78, 5) is 11.8. The van der Waals surface area contributed by atoms with Crippen molar-refractivity contribution in [3.8, 4) is 0 Å². The van der Waals surface area contributed by atoms with Crippen molar-refractivity contribution in [1.82, 2.24) is 5.32 Å². The molecule has 2 aromatic rings. The van der Waals surface area contributed by atoms with E-state index < -0.39 is 0 Å². The average molecular weight is 321 g/mol. The van der Waals surface area contributed by atoms with Crippen LogP contribution in [0.5, 0.6) is 0 Å². The zero-order valence-electron chi connectivity index (χ0n) is 12.3. The number of anilines is 1. The van der Waals surface area contributed by atoms with Crippen LogP contribution in [0.25, 0.3) is 0 Å². The third-order valence-corrected chi connectivity index (χ3v) is 3.79. The quantitative estimate of drug-likeness (QED) is 0.854. The molecule has 2 rings (SSSR count). The molecular formula is C17H18ClFN2O. The van der Waals surface area contributed by atoms with E-state index in [0.717, 1.165) is 11.3 Å². The molecule has 0 unspecified atom stereocenters. The van der Waals surface area contributed by atoms with Gasteiger partial charge in [-0.05, 0) is 42.7 Å². The first-order valence-corrected chi connectivity index (χ1v) is 7.45. The lowest BCUT2D eigenvalue weighted by molar-refractivity contribution is -0.119. The first-order valence-electron chi connectivity index (χ1n) is 7.07. The molecule has 0 saturated carbocycles. The molecule has 2 aromatic carbocycles. The van der Waals surface area contributed by atoms with E-state index in [4.69, 9.17) is 11.6 Å². The second kappa shape index (κ2) is 7.80. The van der Waals surface area contributed by atoms with E-state index in [-0.39, 0.29) is 18.3 Å². The summed E-state index contributed by atoms with van der Waals surface area (Å²) < 4.78 is 13.4. The Morgan fingerprint density at radius 1 is 1.18 bits per heavy atom. The van der Waals surface area contributed by atoms with Crippen molar-refractivity contribution in [3.05, 3.63) is 64.4 Å². The summed E-state index contributed by atoms with van der Waals surface area (Å²) in [5.41, 5.74) is 2.33. The van der Waals surface area contributed by atoms with Crippen LogP contribution in [0.4, 0.5) is 10.1 Å².